The molecule has 0 saturated heterocycles. The summed E-state index contributed by atoms with van der Waals surface area (Å²) >= 11 is 6.18. The third-order valence-electron chi connectivity index (χ3n) is 4.47. The molecule has 4 nitrogen and oxygen atoms in total. The number of hydrogen-bond acceptors (Lipinski definition) is 3. The molecule has 6 heteroatoms. The summed E-state index contributed by atoms with van der Waals surface area (Å²) in [5.41, 5.74) is 5.80. The summed E-state index contributed by atoms with van der Waals surface area (Å²) in [4.78, 5) is 11.4. The van der Waals surface area contributed by atoms with Crippen LogP contribution in [0.25, 0.3) is 0 Å². The van der Waals surface area contributed by atoms with Crippen molar-refractivity contribution in [3.05, 3.63) is 58.9 Å². The molecule has 2 aromatic carbocycles. The molecule has 2 aromatic rings. The molecule has 1 amide bonds. The van der Waals surface area contributed by atoms with Crippen LogP contribution in [0.15, 0.2) is 42.5 Å². The van der Waals surface area contributed by atoms with E-state index in [0.717, 1.165) is 0 Å². The van der Waals surface area contributed by atoms with E-state index in [4.69, 9.17) is 22.1 Å². The number of nitrogens with one attached hydrogen (secondary N) is 1. The van der Waals surface area contributed by atoms with Gasteiger partial charge in [-0.05, 0) is 30.5 Å². The van der Waals surface area contributed by atoms with Gasteiger partial charge in [-0.15, -0.1) is 0 Å². The van der Waals surface area contributed by atoms with Gasteiger partial charge in [-0.2, -0.15) is 0 Å². The summed E-state index contributed by atoms with van der Waals surface area (Å²) in [5, 5.41) is 3.56. The normalized spacial score (nSPS) is 13.4. The first kappa shape index (κ1) is 21.2. The number of halogens is 2. The van der Waals surface area contributed by atoms with Crippen molar-refractivity contribution >= 4 is 17.5 Å². The number of primary amides is 1. The molecule has 0 fully saturated rings. The number of hydrogen-bond donors (Lipinski definition) is 2. The lowest BCUT2D eigenvalue weighted by Crippen LogP contribution is -2.40. The quantitative estimate of drug-likeness (QED) is 0.615. The third-order valence-corrected chi connectivity index (χ3v) is 4.76. The van der Waals surface area contributed by atoms with Crippen LogP contribution in [0.5, 0.6) is 11.5 Å². The van der Waals surface area contributed by atoms with Crippen LogP contribution in [0.3, 0.4) is 0 Å². The average molecular weight is 393 g/mol. The molecule has 0 saturated carbocycles. The van der Waals surface area contributed by atoms with Gasteiger partial charge in [0.1, 0.15) is 5.75 Å². The second kappa shape index (κ2) is 9.72. The maximum Gasteiger partial charge on any atom is 0.218 e. The van der Waals surface area contributed by atoms with Crippen molar-refractivity contribution in [2.75, 3.05) is 0 Å². The predicted octanol–water partition coefficient (Wildman–Crippen LogP) is 5.21. The minimum absolute atomic E-state index is 0.00313. The van der Waals surface area contributed by atoms with E-state index in [1.54, 1.807) is 36.4 Å². The van der Waals surface area contributed by atoms with Crippen LogP contribution in [-0.4, -0.2) is 11.9 Å². The Labute approximate surface area is 164 Å². The zero-order valence-corrected chi connectivity index (χ0v) is 16.6. The van der Waals surface area contributed by atoms with Gasteiger partial charge in [0.25, 0.3) is 0 Å². The van der Waals surface area contributed by atoms with E-state index in [0.29, 0.717) is 17.7 Å². The molecule has 0 aliphatic heterocycles. The highest BCUT2D eigenvalue weighted by Crippen LogP contribution is 2.36. The molecule has 0 aromatic heterocycles. The Balaban J connectivity index is 2.32. The summed E-state index contributed by atoms with van der Waals surface area (Å²) in [5.74, 6) is -0.225. The molecule has 0 unspecified atom stereocenters. The van der Waals surface area contributed by atoms with Crippen LogP contribution in [0.4, 0.5) is 4.39 Å². The molecule has 3 N–H and O–H groups in total. The first-order valence-corrected chi connectivity index (χ1v) is 9.46. The highest BCUT2D eigenvalue weighted by molar-refractivity contribution is 6.32. The fraction of sp³-hybridized carbons (Fsp3) is 0.381. The minimum atomic E-state index is -0.507. The summed E-state index contributed by atoms with van der Waals surface area (Å²) in [6.07, 6.45) is 0.821. The fourth-order valence-corrected chi connectivity index (χ4v) is 3.09. The van der Waals surface area contributed by atoms with Crippen molar-refractivity contribution in [2.24, 2.45) is 11.7 Å². The number of carbonyl (C=O) groups is 1. The molecule has 2 rings (SSSR count). The number of carbonyl (C=O) groups excluding carboxylic acids is 1. The highest BCUT2D eigenvalue weighted by Gasteiger charge is 2.25. The molecule has 146 valence electrons. The maximum atomic E-state index is 15.2. The van der Waals surface area contributed by atoms with Crippen molar-refractivity contribution in [1.82, 2.24) is 5.32 Å². The van der Waals surface area contributed by atoms with Crippen LogP contribution in [0, 0.1) is 11.7 Å². The first-order valence-electron chi connectivity index (χ1n) is 9.08. The minimum Gasteiger partial charge on any atom is -0.453 e. The second-order valence-corrected chi connectivity index (χ2v) is 7.25. The van der Waals surface area contributed by atoms with Gasteiger partial charge in [-0.3, -0.25) is 4.79 Å². The smallest absolute Gasteiger partial charge is 0.218 e. The largest absolute Gasteiger partial charge is 0.453 e. The van der Waals surface area contributed by atoms with E-state index in [1.165, 1.54) is 0 Å². The van der Waals surface area contributed by atoms with Crippen LogP contribution in [-0.2, 0) is 4.79 Å². The van der Waals surface area contributed by atoms with Gasteiger partial charge in [0.05, 0.1) is 5.02 Å². The lowest BCUT2D eigenvalue weighted by molar-refractivity contribution is -0.118. The summed E-state index contributed by atoms with van der Waals surface area (Å²) < 4.78 is 20.9. The number of rotatable bonds is 9. The Kier molecular flexibility index (Phi) is 7.63. The molecular weight excluding hydrogens is 367 g/mol. The first-order chi connectivity index (χ1) is 12.8. The molecule has 0 bridgehead atoms. The van der Waals surface area contributed by atoms with Gasteiger partial charge in [0, 0.05) is 24.1 Å². The Morgan fingerprint density at radius 3 is 2.44 bits per heavy atom. The third kappa shape index (κ3) is 5.68. The lowest BCUT2D eigenvalue weighted by Gasteiger charge is -2.28. The Morgan fingerprint density at radius 1 is 1.22 bits per heavy atom. The topological polar surface area (TPSA) is 64.3 Å². The van der Waals surface area contributed by atoms with Gasteiger partial charge >= 0.3 is 0 Å². The summed E-state index contributed by atoms with van der Waals surface area (Å²) in [7, 11) is 0. The van der Waals surface area contributed by atoms with Crippen LogP contribution >= 0.6 is 11.6 Å². The van der Waals surface area contributed by atoms with Gasteiger partial charge < -0.3 is 15.8 Å². The van der Waals surface area contributed by atoms with Crippen molar-refractivity contribution in [3.63, 3.8) is 0 Å². The summed E-state index contributed by atoms with van der Waals surface area (Å²) in [6, 6.07) is 11.8. The van der Waals surface area contributed by atoms with E-state index in [-0.39, 0.29) is 41.1 Å². The lowest BCUT2D eigenvalue weighted by atomic mass is 9.96. The number of benzene rings is 2. The zero-order valence-electron chi connectivity index (χ0n) is 15.8. The van der Waals surface area contributed by atoms with Gasteiger partial charge in [-0.1, -0.05) is 56.6 Å². The maximum absolute atomic E-state index is 15.2. The number of para-hydroxylation sites is 1. The second-order valence-electron chi connectivity index (χ2n) is 6.84. The standard InChI is InChI=1S/C21H26ClFN2O2/c1-4-17(25-18(13(2)3)12-19(24)26)15-10-11-16(22)21(20(15)23)27-14-8-6-5-7-9-14/h5-11,13,17-18,25H,4,12H2,1-3H3,(H2,24,26)/t17-,18-/m1/s1. The van der Waals surface area contributed by atoms with Crippen LogP contribution in [0.2, 0.25) is 5.02 Å². The van der Waals surface area contributed by atoms with Crippen molar-refractivity contribution in [3.8, 4) is 11.5 Å². The van der Waals surface area contributed by atoms with E-state index < -0.39 is 5.82 Å². The van der Waals surface area contributed by atoms with Crippen LogP contribution in [0.1, 0.15) is 45.2 Å². The van der Waals surface area contributed by atoms with Gasteiger partial charge in [0.2, 0.25) is 5.91 Å². The van der Waals surface area contributed by atoms with Crippen LogP contribution < -0.4 is 15.8 Å². The van der Waals surface area contributed by atoms with Crippen molar-refractivity contribution in [1.29, 1.82) is 0 Å². The molecule has 0 spiro atoms. The molecular formula is C21H26ClFN2O2. The Bertz CT molecular complexity index is 768. The Morgan fingerprint density at radius 2 is 1.89 bits per heavy atom. The molecule has 0 aliphatic rings. The monoisotopic (exact) mass is 392 g/mol. The predicted molar refractivity (Wildman–Crippen MR) is 107 cm³/mol. The van der Waals surface area contributed by atoms with Gasteiger partial charge in [0.15, 0.2) is 11.6 Å². The Hall–Kier alpha value is -2.11. The van der Waals surface area contributed by atoms with E-state index in [1.807, 2.05) is 26.8 Å². The zero-order chi connectivity index (χ0) is 20.0. The van der Waals surface area contributed by atoms with E-state index >= 15 is 4.39 Å². The molecule has 0 aliphatic carbocycles. The number of nitrogens with two attached hydrogens (primary N) is 1. The molecule has 0 radical (unpaired) electrons. The van der Waals surface area contributed by atoms with Crippen molar-refractivity contribution < 1.29 is 13.9 Å². The van der Waals surface area contributed by atoms with Crippen molar-refractivity contribution in [2.45, 2.75) is 45.7 Å². The van der Waals surface area contributed by atoms with E-state index in [9.17, 15) is 4.79 Å². The summed E-state index contributed by atoms with van der Waals surface area (Å²) in [6.45, 7) is 5.94. The molecule has 27 heavy (non-hydrogen) atoms. The average Bonchev–Trinajstić information content (AvgIpc) is 2.63. The van der Waals surface area contributed by atoms with E-state index in [2.05, 4.69) is 5.32 Å². The SMILES string of the molecule is CC[C@@H](N[C@H](CC(N)=O)C(C)C)c1ccc(Cl)c(Oc2ccccc2)c1F. The van der Waals surface area contributed by atoms with Gasteiger partial charge in [-0.25, -0.2) is 4.39 Å². The highest BCUT2D eigenvalue weighted by atomic mass is 35.5. The number of amides is 1. The molecule has 2 atom stereocenters. The fourth-order valence-electron chi connectivity index (χ4n) is 2.91. The molecule has 0 heterocycles. The number of ether oxygens (including phenoxy) is 1.